The van der Waals surface area contributed by atoms with Crippen LogP contribution >= 0.6 is 0 Å². The van der Waals surface area contributed by atoms with Gasteiger partial charge in [0.25, 0.3) is 11.8 Å². The Morgan fingerprint density at radius 3 is 2.03 bits per heavy atom. The van der Waals surface area contributed by atoms with E-state index < -0.39 is 27.9 Å². The molecular formula is C26H25N3O4S. The topological polar surface area (TPSA) is 95.6 Å². The largest absolute Gasteiger partial charge is 0.376 e. The van der Waals surface area contributed by atoms with E-state index in [0.29, 0.717) is 12.1 Å². The van der Waals surface area contributed by atoms with Crippen molar-refractivity contribution >= 4 is 21.8 Å². The molecule has 1 aliphatic rings. The Morgan fingerprint density at radius 1 is 0.824 bits per heavy atom. The minimum absolute atomic E-state index is 0.0605. The fourth-order valence-corrected chi connectivity index (χ4v) is 4.96. The molecule has 174 valence electrons. The van der Waals surface area contributed by atoms with Crippen LogP contribution in [-0.4, -0.2) is 32.2 Å². The van der Waals surface area contributed by atoms with Crippen LogP contribution in [-0.2, 0) is 26.2 Å². The number of nitrogens with one attached hydrogen (secondary N) is 2. The van der Waals surface area contributed by atoms with Crippen LogP contribution in [0.15, 0.2) is 101 Å². The lowest BCUT2D eigenvalue weighted by atomic mass is 9.98. The van der Waals surface area contributed by atoms with Gasteiger partial charge >= 0.3 is 0 Å². The molecular weight excluding hydrogens is 450 g/mol. The number of imide groups is 1. The number of hydrogen-bond acceptors (Lipinski definition) is 5. The van der Waals surface area contributed by atoms with E-state index in [-0.39, 0.29) is 16.2 Å². The molecule has 0 radical (unpaired) electrons. The quantitative estimate of drug-likeness (QED) is 0.488. The van der Waals surface area contributed by atoms with Crippen molar-refractivity contribution in [3.63, 3.8) is 0 Å². The molecule has 1 atom stereocenters. The van der Waals surface area contributed by atoms with E-state index in [1.807, 2.05) is 37.3 Å². The first kappa shape index (κ1) is 23.4. The molecule has 2 N–H and O–H groups in total. The second kappa shape index (κ2) is 9.62. The predicted molar refractivity (Wildman–Crippen MR) is 129 cm³/mol. The minimum Gasteiger partial charge on any atom is -0.376 e. The molecule has 8 heteroatoms. The maximum atomic E-state index is 13.3. The third kappa shape index (κ3) is 4.78. The molecule has 3 aromatic carbocycles. The van der Waals surface area contributed by atoms with Gasteiger partial charge in [-0.3, -0.25) is 14.5 Å². The fourth-order valence-electron chi connectivity index (χ4n) is 3.77. The van der Waals surface area contributed by atoms with Crippen molar-refractivity contribution in [2.45, 2.75) is 24.4 Å². The molecule has 7 nitrogen and oxygen atoms in total. The van der Waals surface area contributed by atoms with Gasteiger partial charge in [-0.05, 0) is 30.2 Å². The highest BCUT2D eigenvalue weighted by atomic mass is 32.2. The average molecular weight is 476 g/mol. The molecule has 34 heavy (non-hydrogen) atoms. The van der Waals surface area contributed by atoms with Crippen LogP contribution in [0.1, 0.15) is 22.7 Å². The van der Waals surface area contributed by atoms with Crippen LogP contribution in [0, 0.1) is 6.92 Å². The van der Waals surface area contributed by atoms with Crippen molar-refractivity contribution < 1.29 is 18.0 Å². The normalized spacial score (nSPS) is 15.1. The van der Waals surface area contributed by atoms with Gasteiger partial charge in [-0.15, -0.1) is 0 Å². The van der Waals surface area contributed by atoms with Crippen LogP contribution in [0.2, 0.25) is 0 Å². The Balaban J connectivity index is 1.78. The number of likely N-dealkylation sites (N-methyl/N-ethyl adjacent to an activating group) is 1. The van der Waals surface area contributed by atoms with E-state index in [4.69, 9.17) is 0 Å². The number of carbonyl (C=O) groups is 2. The highest BCUT2D eigenvalue weighted by molar-refractivity contribution is 7.89. The summed E-state index contributed by atoms with van der Waals surface area (Å²) in [5, 5.41) is 3.07. The zero-order valence-corrected chi connectivity index (χ0v) is 19.7. The summed E-state index contributed by atoms with van der Waals surface area (Å²) in [7, 11) is -2.62. The second-order valence-electron chi connectivity index (χ2n) is 8.08. The van der Waals surface area contributed by atoms with E-state index in [9.17, 15) is 18.0 Å². The van der Waals surface area contributed by atoms with Crippen LogP contribution < -0.4 is 10.0 Å². The fraction of sp³-hybridized carbons (Fsp3) is 0.154. The lowest BCUT2D eigenvalue weighted by Gasteiger charge is -2.21. The van der Waals surface area contributed by atoms with Crippen LogP contribution in [0.25, 0.3) is 0 Å². The number of aryl methyl sites for hydroxylation is 1. The molecule has 1 heterocycles. The maximum Gasteiger partial charge on any atom is 0.277 e. The zero-order chi connectivity index (χ0) is 24.3. The van der Waals surface area contributed by atoms with Gasteiger partial charge in [0.1, 0.15) is 5.70 Å². The van der Waals surface area contributed by atoms with Crippen molar-refractivity contribution in [1.82, 2.24) is 14.9 Å². The van der Waals surface area contributed by atoms with Crippen LogP contribution in [0.5, 0.6) is 0 Å². The molecule has 0 saturated carbocycles. The number of nitrogens with zero attached hydrogens (tertiary/aromatic N) is 1. The Kier molecular flexibility index (Phi) is 6.63. The summed E-state index contributed by atoms with van der Waals surface area (Å²) in [6.45, 7) is 2.17. The van der Waals surface area contributed by atoms with Crippen LogP contribution in [0.4, 0.5) is 0 Å². The first-order valence-corrected chi connectivity index (χ1v) is 12.2. The highest BCUT2D eigenvalue weighted by Crippen LogP contribution is 2.32. The molecule has 1 unspecified atom stereocenters. The molecule has 0 aliphatic carbocycles. The molecule has 0 spiro atoms. The molecule has 0 aromatic heterocycles. The van der Waals surface area contributed by atoms with Gasteiger partial charge in [0, 0.05) is 13.6 Å². The van der Waals surface area contributed by atoms with Crippen molar-refractivity contribution in [3.05, 3.63) is 113 Å². The van der Waals surface area contributed by atoms with Gasteiger partial charge in [-0.25, -0.2) is 8.42 Å². The summed E-state index contributed by atoms with van der Waals surface area (Å²) >= 11 is 0. The predicted octanol–water partition coefficient (Wildman–Crippen LogP) is 3.06. The number of sulfonamides is 1. The van der Waals surface area contributed by atoms with E-state index in [0.717, 1.165) is 16.0 Å². The number of benzene rings is 3. The molecule has 2 amide bonds. The number of hydrogen-bond donors (Lipinski definition) is 2. The Labute approximate surface area is 199 Å². The highest BCUT2D eigenvalue weighted by Gasteiger charge is 2.41. The van der Waals surface area contributed by atoms with Crippen molar-refractivity contribution in [1.29, 1.82) is 0 Å². The summed E-state index contributed by atoms with van der Waals surface area (Å²) in [5.74, 6) is -1.06. The molecule has 0 fully saturated rings. The van der Waals surface area contributed by atoms with Gasteiger partial charge in [-0.1, -0.05) is 78.4 Å². The molecule has 1 aliphatic heterocycles. The maximum absolute atomic E-state index is 13.3. The molecule has 0 saturated heterocycles. The lowest BCUT2D eigenvalue weighted by molar-refractivity contribution is -0.136. The number of rotatable bonds is 8. The Hall–Kier alpha value is -3.75. The van der Waals surface area contributed by atoms with Crippen molar-refractivity contribution in [2.75, 3.05) is 7.05 Å². The van der Waals surface area contributed by atoms with Gasteiger partial charge < -0.3 is 5.32 Å². The van der Waals surface area contributed by atoms with Gasteiger partial charge in [0.15, 0.2) is 0 Å². The summed E-state index contributed by atoms with van der Waals surface area (Å²) in [6.07, 6.45) is 0. The zero-order valence-electron chi connectivity index (χ0n) is 18.9. The standard InChI is InChI=1S/C26H25N3O4S/c1-18-13-15-21(16-14-18)34(32,33)28-23(20-11-7-4-8-12-20)22-24(26(31)29(2)25(22)30)27-17-19-9-5-3-6-10-19/h3-16,23,27-28H,17H2,1-2H3. The Morgan fingerprint density at radius 2 is 1.41 bits per heavy atom. The summed E-state index contributed by atoms with van der Waals surface area (Å²) in [4.78, 5) is 27.2. The van der Waals surface area contributed by atoms with Gasteiger partial charge in [-0.2, -0.15) is 4.72 Å². The number of carbonyl (C=O) groups excluding carboxylic acids is 2. The molecule has 0 bridgehead atoms. The van der Waals surface area contributed by atoms with Crippen molar-refractivity contribution in [2.24, 2.45) is 0 Å². The van der Waals surface area contributed by atoms with Gasteiger partial charge in [0.05, 0.1) is 16.5 Å². The van der Waals surface area contributed by atoms with Crippen LogP contribution in [0.3, 0.4) is 0 Å². The lowest BCUT2D eigenvalue weighted by Crippen LogP contribution is -2.34. The Bertz CT molecular complexity index is 1340. The van der Waals surface area contributed by atoms with E-state index in [2.05, 4.69) is 10.0 Å². The summed E-state index contributed by atoms with van der Waals surface area (Å²) < 4.78 is 29.2. The second-order valence-corrected chi connectivity index (χ2v) is 9.79. The third-order valence-electron chi connectivity index (χ3n) is 5.66. The van der Waals surface area contributed by atoms with Crippen molar-refractivity contribution in [3.8, 4) is 0 Å². The van der Waals surface area contributed by atoms with E-state index in [1.54, 1.807) is 42.5 Å². The third-order valence-corrected chi connectivity index (χ3v) is 7.10. The summed E-state index contributed by atoms with van der Waals surface area (Å²) in [6, 6.07) is 23.6. The minimum atomic E-state index is -4.00. The average Bonchev–Trinajstić information content (AvgIpc) is 3.06. The molecule has 4 rings (SSSR count). The number of amides is 2. The van der Waals surface area contributed by atoms with E-state index >= 15 is 0 Å². The monoisotopic (exact) mass is 475 g/mol. The molecule has 3 aromatic rings. The summed E-state index contributed by atoms with van der Waals surface area (Å²) in [5.41, 5.74) is 2.53. The smallest absolute Gasteiger partial charge is 0.277 e. The SMILES string of the molecule is Cc1ccc(S(=O)(=O)NC(C2=C(NCc3ccccc3)C(=O)N(C)C2=O)c2ccccc2)cc1. The first-order valence-electron chi connectivity index (χ1n) is 10.8. The first-order chi connectivity index (χ1) is 16.3. The van der Waals surface area contributed by atoms with E-state index in [1.165, 1.54) is 19.2 Å². The van der Waals surface area contributed by atoms with Gasteiger partial charge in [0.2, 0.25) is 10.0 Å².